The number of nitrogens with two attached hydrogens (primary N) is 2. The second kappa shape index (κ2) is 16.6. The van der Waals surface area contributed by atoms with E-state index in [2.05, 4.69) is 0 Å². The smallest absolute Gasteiger partial charge is 0.320 e. The summed E-state index contributed by atoms with van der Waals surface area (Å²) in [5.41, 5.74) is 10.3. The second-order valence-corrected chi connectivity index (χ2v) is 6.57. The van der Waals surface area contributed by atoms with Gasteiger partial charge < -0.3 is 51.1 Å². The summed E-state index contributed by atoms with van der Waals surface area (Å²) in [4.78, 5) is 39.0. The van der Waals surface area contributed by atoms with E-state index in [1.165, 1.54) is 0 Å². The number of rotatable bonds is 10. The molecule has 7 N–H and O–H groups in total. The average molecular weight is 408 g/mol. The molecule has 0 amide bonds. The van der Waals surface area contributed by atoms with E-state index in [4.69, 9.17) is 26.8 Å². The lowest BCUT2D eigenvalue weighted by molar-refractivity contribution is -0.873. The summed E-state index contributed by atoms with van der Waals surface area (Å²) in [5.74, 6) is -5.00. The van der Waals surface area contributed by atoms with Crippen LogP contribution in [0.5, 0.6) is 0 Å². The molecule has 2 atom stereocenters. The van der Waals surface area contributed by atoms with Gasteiger partial charge in [-0.25, -0.2) is 0 Å². The van der Waals surface area contributed by atoms with Crippen LogP contribution in [0.2, 0.25) is 0 Å². The minimum Gasteiger partial charge on any atom is -0.545 e. The topological polar surface area (TPSA) is 227 Å². The highest BCUT2D eigenvalue weighted by Crippen LogP contribution is 1.98. The molecule has 164 valence electrons. The zero-order chi connectivity index (χ0) is 22.9. The van der Waals surface area contributed by atoms with Crippen molar-refractivity contribution >= 4 is 23.9 Å². The third-order valence-electron chi connectivity index (χ3n) is 2.56. The molecule has 0 unspecified atom stereocenters. The van der Waals surface area contributed by atoms with Crippen molar-refractivity contribution in [2.75, 3.05) is 34.2 Å². The van der Waals surface area contributed by atoms with Crippen molar-refractivity contribution < 1.29 is 49.2 Å². The number of quaternary nitrogens is 1. The van der Waals surface area contributed by atoms with Crippen molar-refractivity contribution in [1.82, 2.24) is 0 Å². The van der Waals surface area contributed by atoms with Crippen LogP contribution in [0, 0.1) is 0 Å². The molecule has 0 aliphatic carbocycles. The van der Waals surface area contributed by atoms with Gasteiger partial charge in [-0.3, -0.25) is 9.59 Å². The van der Waals surface area contributed by atoms with Crippen molar-refractivity contribution in [2.24, 2.45) is 11.5 Å². The molecule has 0 radical (unpaired) electrons. The third kappa shape index (κ3) is 31.3. The number of nitrogens with zero attached hydrogens (tertiary/aromatic N) is 1. The predicted octanol–water partition coefficient (Wildman–Crippen LogP) is -4.29. The van der Waals surface area contributed by atoms with Crippen LogP contribution in [-0.2, 0) is 19.2 Å². The molecule has 0 aromatic rings. The molecule has 0 aromatic heterocycles. The van der Waals surface area contributed by atoms with Crippen LogP contribution >= 0.6 is 0 Å². The fourth-order valence-corrected chi connectivity index (χ4v) is 1.50. The molecule has 0 fully saturated rings. The Kier molecular flexibility index (Phi) is 17.9. The van der Waals surface area contributed by atoms with Gasteiger partial charge in [-0.05, 0) is 31.5 Å². The molecule has 0 saturated heterocycles. The predicted molar refractivity (Wildman–Crippen MR) is 94.2 cm³/mol. The average Bonchev–Trinajstić information content (AvgIpc) is 2.49. The number of aliphatic hydroxyl groups is 1. The molecule has 0 rings (SSSR count). The zero-order valence-corrected chi connectivity index (χ0v) is 16.2. The first-order valence-electron chi connectivity index (χ1n) is 8.11. The number of likely N-dealkylation sites (N-methyl/N-ethyl adjacent to an activating group) is 1. The maximum atomic E-state index is 10.1. The lowest BCUT2D eigenvalue weighted by Crippen LogP contribution is -2.42. The maximum absolute atomic E-state index is 10.1. The Morgan fingerprint density at radius 2 is 1.46 bits per heavy atom. The minimum absolute atomic E-state index is 0.171. The van der Waals surface area contributed by atoms with E-state index >= 15 is 0 Å². The number of aliphatic hydroxyl groups excluding tert-OH is 1. The molecule has 12 nitrogen and oxygen atoms in total. The Bertz CT molecular complexity index is 500. The van der Waals surface area contributed by atoms with Gasteiger partial charge in [0.05, 0.1) is 39.5 Å². The van der Waals surface area contributed by atoms with Gasteiger partial charge >= 0.3 is 11.9 Å². The largest absolute Gasteiger partial charge is 0.545 e. The summed E-state index contributed by atoms with van der Waals surface area (Å²) in [5, 5.41) is 44.5. The molecule has 0 spiro atoms. The number of carboxylic acid groups (broad SMARTS) is 4. The van der Waals surface area contributed by atoms with E-state index < -0.39 is 36.0 Å². The van der Waals surface area contributed by atoms with E-state index in [0.29, 0.717) is 42.6 Å². The van der Waals surface area contributed by atoms with Gasteiger partial charge in [-0.1, -0.05) is 0 Å². The summed E-state index contributed by atoms with van der Waals surface area (Å²) in [6, 6.07) is -0.742. The molecule has 28 heavy (non-hydrogen) atoms. The molecule has 12 heteroatoms. The Morgan fingerprint density at radius 1 is 1.04 bits per heavy atom. The highest BCUT2D eigenvalue weighted by atomic mass is 16.4. The molecule has 0 heterocycles. The third-order valence-corrected chi connectivity index (χ3v) is 2.56. The first-order valence-corrected chi connectivity index (χ1v) is 8.11. The normalized spacial score (nSPS) is 12.6. The van der Waals surface area contributed by atoms with Gasteiger partial charge in [0.25, 0.3) is 0 Å². The lowest BCUT2D eigenvalue weighted by Gasteiger charge is -2.25. The molecular weight excluding hydrogens is 378 g/mol. The molecule has 0 aliphatic rings. The highest BCUT2D eigenvalue weighted by molar-refractivity contribution is 5.87. The van der Waals surface area contributed by atoms with Crippen molar-refractivity contribution in [1.29, 1.82) is 0 Å². The molecular formula is C16H30N3O9-. The first-order chi connectivity index (χ1) is 12.6. The molecule has 0 aliphatic heterocycles. The summed E-state index contributed by atoms with van der Waals surface area (Å²) >= 11 is 0. The fraction of sp³-hybridized carbons (Fsp3) is 0.625. The highest BCUT2D eigenvalue weighted by Gasteiger charge is 2.17. The first kappa shape index (κ1) is 30.2. The van der Waals surface area contributed by atoms with Crippen LogP contribution in [0.4, 0.5) is 0 Å². The van der Waals surface area contributed by atoms with Crippen molar-refractivity contribution in [3.8, 4) is 0 Å². The number of carbonyl (C=O) groups is 4. The summed E-state index contributed by atoms with van der Waals surface area (Å²) in [6.45, 7) is 0.966. The maximum Gasteiger partial charge on any atom is 0.320 e. The van der Waals surface area contributed by atoms with Crippen molar-refractivity contribution in [3.05, 3.63) is 12.2 Å². The van der Waals surface area contributed by atoms with Crippen molar-refractivity contribution in [3.63, 3.8) is 0 Å². The number of hydrogen-bond donors (Lipinski definition) is 5. The quantitative estimate of drug-likeness (QED) is 0.171. The van der Waals surface area contributed by atoms with Gasteiger partial charge in [-0.2, -0.15) is 0 Å². The number of carbonyl (C=O) groups excluding carboxylic acids is 2. The number of carboxylic acids is 4. The van der Waals surface area contributed by atoms with Crippen LogP contribution in [0.1, 0.15) is 19.3 Å². The number of hydrogen-bond acceptors (Lipinski definition) is 9. The molecule has 0 bridgehead atoms. The van der Waals surface area contributed by atoms with Gasteiger partial charge in [0.15, 0.2) is 0 Å². The molecule has 0 aromatic carbocycles. The molecule has 0 saturated carbocycles. The van der Waals surface area contributed by atoms with E-state index in [1.807, 2.05) is 21.1 Å². The Hall–Kier alpha value is -2.54. The van der Waals surface area contributed by atoms with Crippen LogP contribution in [-0.4, -0.2) is 90.1 Å². The summed E-state index contributed by atoms with van der Waals surface area (Å²) < 4.78 is 0.578. The monoisotopic (exact) mass is 408 g/mol. The minimum atomic E-state index is -1.55. The second-order valence-electron chi connectivity index (χ2n) is 6.57. The van der Waals surface area contributed by atoms with Crippen LogP contribution in [0.25, 0.3) is 0 Å². The van der Waals surface area contributed by atoms with Gasteiger partial charge in [0, 0.05) is 0 Å². The fourth-order valence-electron chi connectivity index (χ4n) is 1.50. The van der Waals surface area contributed by atoms with E-state index in [-0.39, 0.29) is 6.42 Å². The SMILES string of the molecule is C[N+](C)(C)C[C@H](O)CC(=O)O.NCCC[C@@H](N)C(=O)O.O=C([O-])/C=C/C(=O)[O-]. The van der Waals surface area contributed by atoms with Crippen LogP contribution < -0.4 is 21.7 Å². The van der Waals surface area contributed by atoms with Crippen molar-refractivity contribution in [2.45, 2.75) is 31.4 Å². The lowest BCUT2D eigenvalue weighted by atomic mass is 10.2. The van der Waals surface area contributed by atoms with Gasteiger partial charge in [0.2, 0.25) is 0 Å². The Morgan fingerprint density at radius 3 is 1.71 bits per heavy atom. The van der Waals surface area contributed by atoms with Crippen LogP contribution in [0.15, 0.2) is 12.2 Å². The summed E-state index contributed by atoms with van der Waals surface area (Å²) in [6.07, 6.45) is 0.993. The van der Waals surface area contributed by atoms with E-state index in [1.54, 1.807) is 0 Å². The Balaban J connectivity index is -0.000000340. The standard InChI is InChI=1S/C7H15NO3.C5H12N2O2.C4H4O4/c1-8(2,3)5-6(9)4-7(10)11;6-3-1-2-4(7)5(8)9;5-3(6)1-2-4(7)8/h6,9H,4-5H2,1-3H3;4H,1-3,6-7H2,(H,8,9);1-2H,(H,5,6)(H,7,8)/p-1/b;;2-1+/t6-;4-;/m11./s1. The number of aliphatic carboxylic acids is 4. The summed E-state index contributed by atoms with van der Waals surface area (Å²) in [7, 11) is 5.72. The van der Waals surface area contributed by atoms with Gasteiger partial charge in [-0.15, -0.1) is 0 Å². The van der Waals surface area contributed by atoms with E-state index in [9.17, 15) is 29.4 Å². The van der Waals surface area contributed by atoms with Crippen LogP contribution in [0.3, 0.4) is 0 Å². The van der Waals surface area contributed by atoms with Gasteiger partial charge in [0.1, 0.15) is 18.7 Å². The van der Waals surface area contributed by atoms with E-state index in [0.717, 1.165) is 0 Å². The zero-order valence-electron chi connectivity index (χ0n) is 16.2. The Labute approximate surface area is 163 Å².